The molecule has 1 aliphatic carbocycles. The summed E-state index contributed by atoms with van der Waals surface area (Å²) in [6, 6.07) is 30.2. The molecule has 3 aromatic heterocycles. The summed E-state index contributed by atoms with van der Waals surface area (Å²) < 4.78 is 15.1. The Hall–Kier alpha value is -4.22. The molecule has 1 aliphatic heterocycles. The Balaban J connectivity index is 1.35. The number of hydrogen-bond donors (Lipinski definition) is 0. The van der Waals surface area contributed by atoms with Gasteiger partial charge in [-0.1, -0.05) is 60.7 Å². The molecule has 2 atom stereocenters. The van der Waals surface area contributed by atoms with Crippen molar-refractivity contribution < 1.29 is 8.83 Å². The number of oxazole rings is 1. The first-order valence-electron chi connectivity index (χ1n) is 12.1. The molecule has 0 amide bonds. The molecule has 0 saturated heterocycles. The average Bonchev–Trinajstić information content (AvgIpc) is 3.66. The van der Waals surface area contributed by atoms with Gasteiger partial charge in [-0.3, -0.25) is 4.57 Å². The van der Waals surface area contributed by atoms with Crippen LogP contribution < -0.4 is 0 Å². The Labute approximate surface area is 209 Å². The first-order valence-corrected chi connectivity index (χ1v) is 13.0. The van der Waals surface area contributed by atoms with Crippen molar-refractivity contribution in [2.45, 2.75) is 16.1 Å². The molecule has 2 aliphatic rings. The molecule has 4 nitrogen and oxygen atoms in total. The highest BCUT2D eigenvalue weighted by Gasteiger charge is 2.39. The number of rotatable bonds is 1. The van der Waals surface area contributed by atoms with Crippen LogP contribution in [0.2, 0.25) is 0 Å². The third-order valence-electron chi connectivity index (χ3n) is 7.61. The van der Waals surface area contributed by atoms with Gasteiger partial charge < -0.3 is 8.83 Å². The van der Waals surface area contributed by atoms with Crippen molar-refractivity contribution in [1.29, 1.82) is 0 Å². The number of furan rings is 1. The highest BCUT2D eigenvalue weighted by atomic mass is 32.2. The zero-order chi connectivity index (χ0) is 23.4. The van der Waals surface area contributed by atoms with Crippen LogP contribution in [0.5, 0.6) is 0 Å². The highest BCUT2D eigenvalue weighted by molar-refractivity contribution is 8.00. The first-order chi connectivity index (χ1) is 17.8. The van der Waals surface area contributed by atoms with E-state index in [1.54, 1.807) is 0 Å². The normalized spacial score (nSPS) is 18.3. The molecule has 0 N–H and O–H groups in total. The maximum Gasteiger partial charge on any atom is 0.307 e. The van der Waals surface area contributed by atoms with E-state index in [2.05, 4.69) is 89.5 Å². The van der Waals surface area contributed by atoms with Crippen molar-refractivity contribution >= 4 is 61.6 Å². The summed E-state index contributed by atoms with van der Waals surface area (Å²) in [6.45, 7) is 0. The molecular weight excluding hydrogens is 464 g/mol. The minimum atomic E-state index is 0.185. The van der Waals surface area contributed by atoms with Gasteiger partial charge in [0.2, 0.25) is 0 Å². The summed E-state index contributed by atoms with van der Waals surface area (Å²) in [5, 5.41) is 4.93. The molecule has 0 fully saturated rings. The summed E-state index contributed by atoms with van der Waals surface area (Å²) in [4.78, 5) is 6.36. The standard InChI is InChI=1S/C31H18N2O2S/c1-4-10-21-17(7-1)27-22(14-15-24-28(27)18-8-2-5-11-23(18)34-24)33(21)31-32-20-13-16-26-29(30(20)35-31)19-9-3-6-12-25(19)36-26/h1-16,26,29H. The van der Waals surface area contributed by atoms with Crippen molar-refractivity contribution in [3.05, 3.63) is 108 Å². The van der Waals surface area contributed by atoms with Gasteiger partial charge in [0.25, 0.3) is 0 Å². The lowest BCUT2D eigenvalue weighted by atomic mass is 9.89. The number of hydrogen-bond acceptors (Lipinski definition) is 4. The van der Waals surface area contributed by atoms with Gasteiger partial charge in [-0.05, 0) is 42.0 Å². The summed E-state index contributed by atoms with van der Waals surface area (Å²) in [5.74, 6) is 1.14. The quantitative estimate of drug-likeness (QED) is 0.236. The summed E-state index contributed by atoms with van der Waals surface area (Å²) in [7, 11) is 0. The summed E-state index contributed by atoms with van der Waals surface area (Å²) >= 11 is 1.91. The second kappa shape index (κ2) is 6.71. The molecule has 0 spiro atoms. The van der Waals surface area contributed by atoms with Gasteiger partial charge >= 0.3 is 6.01 Å². The van der Waals surface area contributed by atoms with E-state index in [0.29, 0.717) is 11.3 Å². The highest BCUT2D eigenvalue weighted by Crippen LogP contribution is 2.52. The molecule has 0 saturated carbocycles. The van der Waals surface area contributed by atoms with E-state index >= 15 is 0 Å². The van der Waals surface area contributed by atoms with Gasteiger partial charge in [0.05, 0.1) is 17.0 Å². The maximum atomic E-state index is 6.68. The lowest BCUT2D eigenvalue weighted by molar-refractivity contribution is 0.470. The molecule has 170 valence electrons. The van der Waals surface area contributed by atoms with Crippen LogP contribution in [0.3, 0.4) is 0 Å². The number of aromatic nitrogens is 2. The second-order valence-electron chi connectivity index (χ2n) is 9.49. The number of thioether (sulfide) groups is 1. The van der Waals surface area contributed by atoms with Gasteiger partial charge in [-0.2, -0.15) is 4.98 Å². The van der Waals surface area contributed by atoms with E-state index in [9.17, 15) is 0 Å². The summed E-state index contributed by atoms with van der Waals surface area (Å²) in [6.07, 6.45) is 4.40. The van der Waals surface area contributed by atoms with Crippen molar-refractivity contribution in [2.24, 2.45) is 0 Å². The topological polar surface area (TPSA) is 44.1 Å². The van der Waals surface area contributed by atoms with Gasteiger partial charge in [-0.25, -0.2) is 0 Å². The third kappa shape index (κ3) is 2.34. The Morgan fingerprint density at radius 1 is 0.722 bits per heavy atom. The molecular formula is C31H18N2O2S. The molecule has 0 radical (unpaired) electrons. The van der Waals surface area contributed by atoms with Gasteiger partial charge in [-0.15, -0.1) is 11.8 Å². The van der Waals surface area contributed by atoms with E-state index in [-0.39, 0.29) is 5.92 Å². The fraction of sp³-hybridized carbons (Fsp3) is 0.0645. The van der Waals surface area contributed by atoms with Crippen LogP contribution in [0, 0.1) is 0 Å². The zero-order valence-electron chi connectivity index (χ0n) is 19.0. The first kappa shape index (κ1) is 19.0. The van der Waals surface area contributed by atoms with E-state index in [1.165, 1.54) is 15.8 Å². The molecule has 5 heteroatoms. The van der Waals surface area contributed by atoms with Crippen molar-refractivity contribution in [3.8, 4) is 6.01 Å². The molecule has 7 aromatic rings. The number of para-hydroxylation sites is 2. The van der Waals surface area contributed by atoms with Crippen LogP contribution in [0.1, 0.15) is 22.9 Å². The van der Waals surface area contributed by atoms with E-state index in [0.717, 1.165) is 49.8 Å². The summed E-state index contributed by atoms with van der Waals surface area (Å²) in [5.41, 5.74) is 6.18. The smallest absolute Gasteiger partial charge is 0.307 e. The minimum absolute atomic E-state index is 0.185. The number of nitrogens with zero attached hydrogens (tertiary/aromatic N) is 2. The Morgan fingerprint density at radius 3 is 2.53 bits per heavy atom. The largest absolute Gasteiger partial charge is 0.456 e. The fourth-order valence-corrected chi connectivity index (χ4v) is 7.46. The molecule has 4 aromatic carbocycles. The molecule has 36 heavy (non-hydrogen) atoms. The zero-order valence-corrected chi connectivity index (χ0v) is 19.8. The van der Waals surface area contributed by atoms with Crippen LogP contribution in [0.4, 0.5) is 0 Å². The Morgan fingerprint density at radius 2 is 1.56 bits per heavy atom. The Bertz CT molecular complexity index is 2060. The van der Waals surface area contributed by atoms with Crippen LogP contribution in [0.15, 0.2) is 105 Å². The van der Waals surface area contributed by atoms with Crippen molar-refractivity contribution in [3.63, 3.8) is 0 Å². The predicted octanol–water partition coefficient (Wildman–Crippen LogP) is 8.30. The van der Waals surface area contributed by atoms with Crippen LogP contribution in [-0.4, -0.2) is 14.8 Å². The second-order valence-corrected chi connectivity index (χ2v) is 10.7. The number of benzene rings is 4. The molecule has 9 rings (SSSR count). The van der Waals surface area contributed by atoms with Gasteiger partial charge in [0, 0.05) is 31.7 Å². The lowest BCUT2D eigenvalue weighted by Gasteiger charge is -2.18. The van der Waals surface area contributed by atoms with Crippen LogP contribution >= 0.6 is 11.8 Å². The minimum Gasteiger partial charge on any atom is -0.456 e. The van der Waals surface area contributed by atoms with E-state index < -0.39 is 0 Å². The third-order valence-corrected chi connectivity index (χ3v) is 8.94. The van der Waals surface area contributed by atoms with Gasteiger partial charge in [0.1, 0.15) is 22.6 Å². The van der Waals surface area contributed by atoms with E-state index in [4.69, 9.17) is 13.8 Å². The average molecular weight is 483 g/mol. The SMILES string of the molecule is C1=CC2Sc3ccccc3C2c2oc(-n3c4ccccc4c4c5c(ccc43)oc3ccccc35)nc21. The van der Waals surface area contributed by atoms with E-state index in [1.807, 2.05) is 23.9 Å². The van der Waals surface area contributed by atoms with Crippen molar-refractivity contribution in [1.82, 2.24) is 9.55 Å². The lowest BCUT2D eigenvalue weighted by Crippen LogP contribution is -2.12. The fourth-order valence-electron chi connectivity index (χ4n) is 6.11. The van der Waals surface area contributed by atoms with Crippen LogP contribution in [-0.2, 0) is 0 Å². The van der Waals surface area contributed by atoms with Gasteiger partial charge in [0.15, 0.2) is 0 Å². The van der Waals surface area contributed by atoms with Crippen molar-refractivity contribution in [2.75, 3.05) is 0 Å². The monoisotopic (exact) mass is 482 g/mol. The molecule has 0 bridgehead atoms. The number of fused-ring (bicyclic) bond motifs is 12. The Kier molecular flexibility index (Phi) is 3.55. The molecule has 4 heterocycles. The van der Waals surface area contributed by atoms with Crippen LogP contribution in [0.25, 0.3) is 55.8 Å². The maximum absolute atomic E-state index is 6.68. The molecule has 2 unspecified atom stereocenters. The predicted molar refractivity (Wildman–Crippen MR) is 145 cm³/mol.